The van der Waals surface area contributed by atoms with Crippen LogP contribution >= 0.6 is 31.9 Å². The van der Waals surface area contributed by atoms with Crippen molar-refractivity contribution in [2.75, 3.05) is 42.7 Å². The Balaban J connectivity index is 0.000000267. The summed E-state index contributed by atoms with van der Waals surface area (Å²) in [5.74, 6) is -7.38. The molecule has 11 heterocycles. The van der Waals surface area contributed by atoms with E-state index < -0.39 is 88.3 Å². The van der Waals surface area contributed by atoms with Crippen LogP contribution in [0.2, 0.25) is 0 Å². The van der Waals surface area contributed by atoms with E-state index in [2.05, 4.69) is 113 Å². The molecule has 0 atom stereocenters. The van der Waals surface area contributed by atoms with Gasteiger partial charge < -0.3 is 38.5 Å². The quantitative estimate of drug-likeness (QED) is 0.0373. The van der Waals surface area contributed by atoms with Crippen molar-refractivity contribution in [2.24, 2.45) is 0 Å². The van der Waals surface area contributed by atoms with E-state index in [4.69, 9.17) is 47.6 Å². The van der Waals surface area contributed by atoms with Crippen LogP contribution in [0.25, 0.3) is 45.0 Å². The molecule has 560 valence electrons. The van der Waals surface area contributed by atoms with Gasteiger partial charge in [0.05, 0.1) is 87.9 Å². The van der Waals surface area contributed by atoms with E-state index in [-0.39, 0.29) is 70.8 Å². The van der Waals surface area contributed by atoms with Gasteiger partial charge in [0, 0.05) is 103 Å². The van der Waals surface area contributed by atoms with Gasteiger partial charge in [-0.05, 0) is 127 Å². The van der Waals surface area contributed by atoms with Crippen LogP contribution < -0.4 is 33.9 Å². The molecular formula is C70H59BBr2F13N11O8Pt. The van der Waals surface area contributed by atoms with E-state index in [1.807, 2.05) is 38.1 Å². The van der Waals surface area contributed by atoms with Gasteiger partial charge in [0.2, 0.25) is 35.7 Å². The van der Waals surface area contributed by atoms with Gasteiger partial charge in [-0.3, -0.25) is 34.6 Å². The zero-order valence-electron chi connectivity index (χ0n) is 57.4. The van der Waals surface area contributed by atoms with Gasteiger partial charge >= 0.3 is 28.2 Å². The van der Waals surface area contributed by atoms with Crippen LogP contribution in [0.4, 0.5) is 57.8 Å². The first-order valence-electron chi connectivity index (χ1n) is 29.9. The Hall–Kier alpha value is -9.83. The van der Waals surface area contributed by atoms with Gasteiger partial charge in [0.15, 0.2) is 0 Å². The predicted octanol–water partition coefficient (Wildman–Crippen LogP) is 15.0. The number of ether oxygens (including phenoxy) is 6. The summed E-state index contributed by atoms with van der Waals surface area (Å²) in [4.78, 5) is 42.9. The molecule has 0 aliphatic rings. The molecule has 11 aromatic heterocycles. The van der Waals surface area contributed by atoms with Crippen LogP contribution in [0.1, 0.15) is 75.7 Å². The minimum atomic E-state index is -1.96. The Labute approximate surface area is 629 Å². The summed E-state index contributed by atoms with van der Waals surface area (Å²) in [5, 5.41) is 16.9. The fourth-order valence-electron chi connectivity index (χ4n) is 9.45. The Bertz CT molecular complexity index is 4400. The van der Waals surface area contributed by atoms with Crippen LogP contribution in [0.15, 0.2) is 131 Å². The molecule has 106 heavy (non-hydrogen) atoms. The molecule has 0 spiro atoms. The second kappa shape index (κ2) is 37.9. The van der Waals surface area contributed by atoms with Crippen LogP contribution in [-0.4, -0.2) is 115 Å². The molecule has 11 aromatic rings. The minimum absolute atomic E-state index is 0. The van der Waals surface area contributed by atoms with Crippen LogP contribution in [-0.2, 0) is 37.3 Å². The standard InChI is InChI=1S/C25H20F4N4O2.C25H18F4N4O2.C15H16Br2N2O2.C5H4BF2NO2.F2.FH.Pt/c2*1-25(2,19-11-13(34-3)9-17(30-19)15-5-7-21(26)32-23(15)28)20-12-14(35-4)10-18(31-20)16-6-8-22(27)33-24(16)29;1-15(2,11-5-9(20-3)7-13(16)18-11)12-6-10(21-4)8-14(17)19-12;7-4-2-1-3(6(10)11)5(8)9-4;1-2;;/h5-12H,1-4H3;7-12H,1-4H3;5-8H,1-4H3;1-2,10-11H;;1H;/q;-2;;;;;+2. The third-order valence-corrected chi connectivity index (χ3v) is 16.1. The minimum Gasteiger partial charge on any atom is -0.497 e. The summed E-state index contributed by atoms with van der Waals surface area (Å²) >= 11 is 6.83. The molecule has 0 saturated carbocycles. The summed E-state index contributed by atoms with van der Waals surface area (Å²) in [6.45, 7) is 11.3. The number of nitrogens with zero attached hydrogens (tertiary/aromatic N) is 11. The normalized spacial score (nSPS) is 10.9. The average molecular weight is 1790 g/mol. The van der Waals surface area contributed by atoms with E-state index in [9.17, 15) is 43.9 Å². The smallest absolute Gasteiger partial charge is 0.497 e. The van der Waals surface area contributed by atoms with Gasteiger partial charge in [0.1, 0.15) is 67.5 Å². The van der Waals surface area contributed by atoms with E-state index >= 15 is 0 Å². The van der Waals surface area contributed by atoms with Gasteiger partial charge in [0.25, 0.3) is 0 Å². The third kappa shape index (κ3) is 21.5. The molecule has 0 amide bonds. The zero-order valence-corrected chi connectivity index (χ0v) is 62.8. The largest absolute Gasteiger partial charge is 2.00 e. The monoisotopic (exact) mass is 1790 g/mol. The maximum absolute atomic E-state index is 14.4. The Kier molecular flexibility index (Phi) is 31.1. The molecule has 2 N–H and O–H groups in total. The molecule has 0 aliphatic carbocycles. The van der Waals surface area contributed by atoms with Gasteiger partial charge in [-0.2, -0.15) is 41.3 Å². The summed E-state index contributed by atoms with van der Waals surface area (Å²) < 4.78 is 185. The first-order valence-corrected chi connectivity index (χ1v) is 31.5. The fourth-order valence-corrected chi connectivity index (χ4v) is 10.3. The number of methoxy groups -OCH3 is 6. The SMILES string of the molecule is COc1cc(-c2[c-]cc(F)nc2F)nc(C(C)(C)c2cc(OC)cc(-c3[c-]cc(F)nc3F)n2)c1.COc1cc(-c2ccc(F)nc2F)nc(C(C)(C)c2cc(OC)cc(-c3ccc(F)nc3F)n2)c1.COc1cc(Br)nc(C(C)(C)c2cc(OC)cc(Br)n2)c1.F.FF.OB(O)c1ccc(F)nc1F.[Pt+2]. The van der Waals surface area contributed by atoms with E-state index in [0.29, 0.717) is 45.8 Å². The number of hydrogen-bond donors (Lipinski definition) is 2. The molecule has 0 aromatic carbocycles. The second-order valence-corrected chi connectivity index (χ2v) is 24.7. The maximum Gasteiger partial charge on any atom is 2.00 e. The average Bonchev–Trinajstić information content (AvgIpc) is 0.775. The predicted molar refractivity (Wildman–Crippen MR) is 365 cm³/mol. The summed E-state index contributed by atoms with van der Waals surface area (Å²) in [5.41, 5.74) is 0.932. The molecule has 36 heteroatoms. The number of hydrogen-bond acceptors (Lipinski definition) is 19. The number of pyridine rings is 11. The van der Waals surface area contributed by atoms with Crippen molar-refractivity contribution < 1.29 is 117 Å². The zero-order chi connectivity index (χ0) is 76.7. The van der Waals surface area contributed by atoms with E-state index in [1.165, 1.54) is 64.8 Å². The van der Waals surface area contributed by atoms with Crippen molar-refractivity contribution in [3.05, 3.63) is 236 Å². The first-order chi connectivity index (χ1) is 49.2. The molecule has 0 aliphatic heterocycles. The van der Waals surface area contributed by atoms with E-state index in [1.54, 1.807) is 52.3 Å². The molecule has 0 saturated heterocycles. The van der Waals surface area contributed by atoms with Crippen molar-refractivity contribution in [1.29, 1.82) is 0 Å². The van der Waals surface area contributed by atoms with Gasteiger partial charge in [-0.15, -0.1) is 12.1 Å². The molecule has 0 fully saturated rings. The van der Waals surface area contributed by atoms with Crippen molar-refractivity contribution in [3.63, 3.8) is 0 Å². The number of halogens is 15. The number of rotatable bonds is 17. The molecule has 0 unspecified atom stereocenters. The molecule has 19 nitrogen and oxygen atoms in total. The maximum atomic E-state index is 14.4. The summed E-state index contributed by atoms with van der Waals surface area (Å²) in [6, 6.07) is 33.1. The van der Waals surface area contributed by atoms with Gasteiger partial charge in [-0.1, -0.05) is 29.3 Å². The molecular weight excluding hydrogens is 1740 g/mol. The third-order valence-electron chi connectivity index (χ3n) is 15.3. The van der Waals surface area contributed by atoms with E-state index in [0.717, 1.165) is 68.5 Å². The van der Waals surface area contributed by atoms with Crippen molar-refractivity contribution in [1.82, 2.24) is 54.8 Å². The van der Waals surface area contributed by atoms with Crippen LogP contribution in [0.3, 0.4) is 0 Å². The Morgan fingerprint density at radius 1 is 0.340 bits per heavy atom. The fraction of sp³-hybridized carbons (Fsp3) is 0.214. The summed E-state index contributed by atoms with van der Waals surface area (Å²) in [7, 11) is 7.07. The second-order valence-electron chi connectivity index (χ2n) is 23.0. The van der Waals surface area contributed by atoms with Crippen molar-refractivity contribution >= 4 is 44.4 Å². The summed E-state index contributed by atoms with van der Waals surface area (Å²) in [6.07, 6.45) is 0. The Morgan fingerprint density at radius 2 is 0.594 bits per heavy atom. The van der Waals surface area contributed by atoms with Gasteiger partial charge in [-0.25, -0.2) is 27.5 Å². The molecule has 0 radical (unpaired) electrons. The van der Waals surface area contributed by atoms with Crippen LogP contribution in [0.5, 0.6) is 34.5 Å². The van der Waals surface area contributed by atoms with Crippen LogP contribution in [0, 0.1) is 71.6 Å². The topological polar surface area (TPSA) is 238 Å². The van der Waals surface area contributed by atoms with Crippen molar-refractivity contribution in [3.8, 4) is 79.5 Å². The molecule has 0 bridgehead atoms. The Morgan fingerprint density at radius 3 is 0.868 bits per heavy atom. The number of aromatic nitrogens is 11. The first kappa shape index (κ1) is 86.8. The van der Waals surface area contributed by atoms with Crippen molar-refractivity contribution in [2.45, 2.75) is 57.8 Å². The molecule has 11 rings (SSSR count).